The van der Waals surface area contributed by atoms with Crippen molar-refractivity contribution in [3.8, 4) is 5.75 Å². The summed E-state index contributed by atoms with van der Waals surface area (Å²) in [6, 6.07) is 13.6. The first-order valence-electron chi connectivity index (χ1n) is 10.6. The standard InChI is InChI=1S/C24H25ClN4O4S/c1-4-13-29-22(16(3)33-20-8-6-7-18(25)14-20)27-28-24(29)34-15-21(30)26-19-11-9-17(10-12-19)23(31)32-5-2/h4,6-12,14,16H,1,5,13,15H2,2-3H3,(H,26,30). The molecule has 1 atom stereocenters. The van der Waals surface area contributed by atoms with Gasteiger partial charge >= 0.3 is 5.97 Å². The van der Waals surface area contributed by atoms with Gasteiger partial charge in [-0.15, -0.1) is 16.8 Å². The van der Waals surface area contributed by atoms with E-state index in [4.69, 9.17) is 21.1 Å². The molecule has 34 heavy (non-hydrogen) atoms. The van der Waals surface area contributed by atoms with Crippen LogP contribution in [0.4, 0.5) is 5.69 Å². The molecule has 0 fully saturated rings. The van der Waals surface area contributed by atoms with Crippen molar-refractivity contribution in [3.63, 3.8) is 0 Å². The van der Waals surface area contributed by atoms with Crippen molar-refractivity contribution in [2.45, 2.75) is 31.7 Å². The highest BCUT2D eigenvalue weighted by Crippen LogP contribution is 2.26. The van der Waals surface area contributed by atoms with Gasteiger partial charge in [0.05, 0.1) is 17.9 Å². The van der Waals surface area contributed by atoms with Gasteiger partial charge in [0.2, 0.25) is 5.91 Å². The summed E-state index contributed by atoms with van der Waals surface area (Å²) in [6.07, 6.45) is 1.33. The molecular formula is C24H25ClN4O4S. The lowest BCUT2D eigenvalue weighted by Gasteiger charge is -2.16. The van der Waals surface area contributed by atoms with Crippen LogP contribution in [0.15, 0.2) is 66.3 Å². The summed E-state index contributed by atoms with van der Waals surface area (Å²) in [5, 5.41) is 12.5. The van der Waals surface area contributed by atoms with Gasteiger partial charge in [-0.25, -0.2) is 4.79 Å². The van der Waals surface area contributed by atoms with Crippen molar-refractivity contribution in [2.75, 3.05) is 17.7 Å². The Hall–Kier alpha value is -3.30. The number of esters is 1. The van der Waals surface area contributed by atoms with Crippen molar-refractivity contribution < 1.29 is 19.1 Å². The number of ether oxygens (including phenoxy) is 2. The fraction of sp³-hybridized carbons (Fsp3) is 0.250. The van der Waals surface area contributed by atoms with E-state index in [1.807, 2.05) is 23.6 Å². The lowest BCUT2D eigenvalue weighted by molar-refractivity contribution is -0.113. The first-order chi connectivity index (χ1) is 16.4. The quantitative estimate of drug-likeness (QED) is 0.220. The first-order valence-corrected chi connectivity index (χ1v) is 11.9. The molecule has 0 aliphatic carbocycles. The molecule has 1 heterocycles. The third kappa shape index (κ3) is 6.85. The number of hydrogen-bond donors (Lipinski definition) is 1. The lowest BCUT2D eigenvalue weighted by Crippen LogP contribution is -2.15. The van der Waals surface area contributed by atoms with Crippen LogP contribution in [-0.2, 0) is 16.1 Å². The number of hydrogen-bond acceptors (Lipinski definition) is 7. The smallest absolute Gasteiger partial charge is 0.338 e. The number of rotatable bonds is 11. The van der Waals surface area contributed by atoms with E-state index >= 15 is 0 Å². The minimum absolute atomic E-state index is 0.123. The van der Waals surface area contributed by atoms with E-state index < -0.39 is 12.1 Å². The Morgan fingerprint density at radius 3 is 2.68 bits per heavy atom. The maximum atomic E-state index is 12.5. The summed E-state index contributed by atoms with van der Waals surface area (Å²) in [5.41, 5.74) is 1.00. The average molecular weight is 501 g/mol. The predicted octanol–water partition coefficient (Wildman–Crippen LogP) is 5.17. The zero-order chi connectivity index (χ0) is 24.5. The van der Waals surface area contributed by atoms with E-state index in [-0.39, 0.29) is 11.7 Å². The van der Waals surface area contributed by atoms with Gasteiger partial charge in [0.1, 0.15) is 5.75 Å². The topological polar surface area (TPSA) is 95.3 Å². The van der Waals surface area contributed by atoms with Crippen LogP contribution in [0.2, 0.25) is 5.02 Å². The third-order valence-corrected chi connectivity index (χ3v) is 5.74. The van der Waals surface area contributed by atoms with Gasteiger partial charge in [0, 0.05) is 17.3 Å². The number of halogens is 1. The molecule has 0 saturated carbocycles. The lowest BCUT2D eigenvalue weighted by atomic mass is 10.2. The average Bonchev–Trinajstić information content (AvgIpc) is 3.21. The number of aromatic nitrogens is 3. The molecule has 0 spiro atoms. The number of carbonyl (C=O) groups is 2. The van der Waals surface area contributed by atoms with Crippen LogP contribution >= 0.6 is 23.4 Å². The molecule has 0 radical (unpaired) electrons. The summed E-state index contributed by atoms with van der Waals surface area (Å²) in [7, 11) is 0. The fourth-order valence-electron chi connectivity index (χ4n) is 3.04. The van der Waals surface area contributed by atoms with Gasteiger partial charge in [0.25, 0.3) is 0 Å². The monoisotopic (exact) mass is 500 g/mol. The molecule has 10 heteroatoms. The minimum atomic E-state index is -0.401. The Balaban J connectivity index is 1.61. The minimum Gasteiger partial charge on any atom is -0.483 e. The second-order valence-corrected chi connectivity index (χ2v) is 8.47. The van der Waals surface area contributed by atoms with Crippen LogP contribution in [0.3, 0.4) is 0 Å². The Bertz CT molecular complexity index is 1150. The Kier molecular flexibility index (Phi) is 9.12. The molecule has 1 unspecified atom stereocenters. The third-order valence-electron chi connectivity index (χ3n) is 4.54. The van der Waals surface area contributed by atoms with E-state index in [9.17, 15) is 9.59 Å². The zero-order valence-corrected chi connectivity index (χ0v) is 20.4. The van der Waals surface area contributed by atoms with Gasteiger partial charge in [0.15, 0.2) is 17.1 Å². The van der Waals surface area contributed by atoms with E-state index in [0.29, 0.717) is 46.2 Å². The highest BCUT2D eigenvalue weighted by atomic mass is 35.5. The van der Waals surface area contributed by atoms with Crippen LogP contribution < -0.4 is 10.1 Å². The summed E-state index contributed by atoms with van der Waals surface area (Å²) in [4.78, 5) is 24.2. The van der Waals surface area contributed by atoms with Crippen molar-refractivity contribution in [3.05, 3.63) is 77.6 Å². The highest BCUT2D eigenvalue weighted by molar-refractivity contribution is 7.99. The summed E-state index contributed by atoms with van der Waals surface area (Å²) >= 11 is 7.29. The molecule has 0 bridgehead atoms. The molecule has 2 aromatic carbocycles. The summed E-state index contributed by atoms with van der Waals surface area (Å²) < 4.78 is 12.8. The second kappa shape index (κ2) is 12.2. The fourth-order valence-corrected chi connectivity index (χ4v) is 3.97. The largest absolute Gasteiger partial charge is 0.483 e. The Labute approximate surface area is 207 Å². The SMILES string of the molecule is C=CCn1c(SCC(=O)Nc2ccc(C(=O)OCC)cc2)nnc1C(C)Oc1cccc(Cl)c1. The summed E-state index contributed by atoms with van der Waals surface area (Å²) in [5.74, 6) is 0.736. The molecule has 1 N–H and O–H groups in total. The molecule has 3 aromatic rings. The van der Waals surface area contributed by atoms with E-state index in [1.54, 1.807) is 49.4 Å². The molecular weight excluding hydrogens is 476 g/mol. The molecule has 8 nitrogen and oxygen atoms in total. The van der Waals surface area contributed by atoms with Gasteiger partial charge in [-0.1, -0.05) is 35.5 Å². The van der Waals surface area contributed by atoms with Crippen LogP contribution in [0.1, 0.15) is 36.1 Å². The van der Waals surface area contributed by atoms with Gasteiger partial charge in [-0.2, -0.15) is 0 Å². The van der Waals surface area contributed by atoms with Crippen LogP contribution in [0, 0.1) is 0 Å². The number of nitrogens with one attached hydrogen (secondary N) is 1. The summed E-state index contributed by atoms with van der Waals surface area (Å²) in [6.45, 7) is 8.18. The van der Waals surface area contributed by atoms with Crippen LogP contribution in [0.25, 0.3) is 0 Å². The molecule has 178 valence electrons. The highest BCUT2D eigenvalue weighted by Gasteiger charge is 2.20. The Morgan fingerprint density at radius 1 is 1.24 bits per heavy atom. The maximum absolute atomic E-state index is 12.5. The number of anilines is 1. The van der Waals surface area contributed by atoms with E-state index in [0.717, 1.165) is 0 Å². The van der Waals surface area contributed by atoms with Crippen molar-refractivity contribution in [1.82, 2.24) is 14.8 Å². The van der Waals surface area contributed by atoms with Gasteiger partial charge in [-0.3, -0.25) is 9.36 Å². The van der Waals surface area contributed by atoms with Gasteiger partial charge < -0.3 is 14.8 Å². The maximum Gasteiger partial charge on any atom is 0.338 e. The number of carbonyl (C=O) groups excluding carboxylic acids is 2. The number of nitrogens with zero attached hydrogens (tertiary/aromatic N) is 3. The van der Waals surface area contributed by atoms with Crippen LogP contribution in [0.5, 0.6) is 5.75 Å². The van der Waals surface area contributed by atoms with Crippen LogP contribution in [-0.4, -0.2) is 39.0 Å². The molecule has 1 amide bonds. The molecule has 0 saturated heterocycles. The first kappa shape index (κ1) is 25.3. The molecule has 0 aliphatic rings. The zero-order valence-electron chi connectivity index (χ0n) is 18.9. The van der Waals surface area contributed by atoms with Crippen molar-refractivity contribution in [2.24, 2.45) is 0 Å². The van der Waals surface area contributed by atoms with E-state index in [1.165, 1.54) is 11.8 Å². The van der Waals surface area contributed by atoms with Crippen molar-refractivity contribution >= 4 is 40.9 Å². The Morgan fingerprint density at radius 2 is 2.00 bits per heavy atom. The molecule has 0 aliphatic heterocycles. The van der Waals surface area contributed by atoms with Gasteiger partial charge in [-0.05, 0) is 56.3 Å². The molecule has 1 aromatic heterocycles. The van der Waals surface area contributed by atoms with E-state index in [2.05, 4.69) is 22.1 Å². The second-order valence-electron chi connectivity index (χ2n) is 7.09. The molecule has 3 rings (SSSR count). The normalized spacial score (nSPS) is 11.5. The number of thioether (sulfide) groups is 1. The number of amides is 1. The predicted molar refractivity (Wildman–Crippen MR) is 132 cm³/mol. The number of allylic oxidation sites excluding steroid dienone is 1. The van der Waals surface area contributed by atoms with Crippen molar-refractivity contribution in [1.29, 1.82) is 0 Å². The number of benzene rings is 2.